The third-order valence-corrected chi connectivity index (χ3v) is 2.50. The van der Waals surface area contributed by atoms with E-state index in [4.69, 9.17) is 4.74 Å². The van der Waals surface area contributed by atoms with E-state index in [0.29, 0.717) is 0 Å². The summed E-state index contributed by atoms with van der Waals surface area (Å²) in [6.45, 7) is 1.98. The predicted molar refractivity (Wildman–Crippen MR) is 53.4 cm³/mol. The van der Waals surface area contributed by atoms with Crippen LogP contribution in [0.1, 0.15) is 18.9 Å². The van der Waals surface area contributed by atoms with E-state index in [2.05, 4.69) is 22.9 Å². The van der Waals surface area contributed by atoms with E-state index in [1.54, 1.807) is 18.4 Å². The molecule has 0 aliphatic carbocycles. The Labute approximate surface area is 77.7 Å². The van der Waals surface area contributed by atoms with Crippen LogP contribution < -0.4 is 0 Å². The summed E-state index contributed by atoms with van der Waals surface area (Å²) in [6.07, 6.45) is 4.30. The zero-order valence-electron chi connectivity index (χ0n) is 7.54. The van der Waals surface area contributed by atoms with Crippen LogP contribution in [0.15, 0.2) is 28.7 Å². The lowest BCUT2D eigenvalue weighted by atomic mass is 10.2. The molecule has 0 amide bonds. The van der Waals surface area contributed by atoms with E-state index in [1.807, 2.05) is 6.92 Å². The number of ether oxygens (including phenoxy) is 1. The van der Waals surface area contributed by atoms with Crippen LogP contribution in [0.5, 0.6) is 0 Å². The van der Waals surface area contributed by atoms with Gasteiger partial charge < -0.3 is 4.74 Å². The molecule has 0 atom stereocenters. The summed E-state index contributed by atoms with van der Waals surface area (Å²) in [5.41, 5.74) is 1.42. The number of hydrogen-bond acceptors (Lipinski definition) is 2. The predicted octanol–water partition coefficient (Wildman–Crippen LogP) is 3.23. The van der Waals surface area contributed by atoms with Gasteiger partial charge >= 0.3 is 0 Å². The van der Waals surface area contributed by atoms with Gasteiger partial charge in [0.15, 0.2) is 0 Å². The molecule has 1 aromatic rings. The number of methoxy groups -OCH3 is 1. The molecule has 0 radical (unpaired) electrons. The van der Waals surface area contributed by atoms with Gasteiger partial charge in [-0.3, -0.25) is 0 Å². The van der Waals surface area contributed by atoms with Gasteiger partial charge in [0.2, 0.25) is 0 Å². The van der Waals surface area contributed by atoms with Gasteiger partial charge in [-0.25, -0.2) is 0 Å². The molecule has 1 heterocycles. The van der Waals surface area contributed by atoms with Crippen molar-refractivity contribution in [3.63, 3.8) is 0 Å². The quantitative estimate of drug-likeness (QED) is 0.650. The fourth-order valence-electron chi connectivity index (χ4n) is 0.960. The maximum absolute atomic E-state index is 5.03. The number of hydrogen-bond donors (Lipinski definition) is 0. The normalized spacial score (nSPS) is 11.7. The molecule has 66 valence electrons. The SMILES string of the molecule is COC(C)=CCCc1ccsc1. The van der Waals surface area contributed by atoms with Crippen LogP contribution in [0.25, 0.3) is 0 Å². The molecule has 0 N–H and O–H groups in total. The van der Waals surface area contributed by atoms with Crippen molar-refractivity contribution in [2.45, 2.75) is 19.8 Å². The maximum atomic E-state index is 5.03. The van der Waals surface area contributed by atoms with Crippen LogP contribution in [-0.4, -0.2) is 7.11 Å². The first-order valence-electron chi connectivity index (χ1n) is 4.04. The van der Waals surface area contributed by atoms with Gasteiger partial charge in [0.25, 0.3) is 0 Å². The van der Waals surface area contributed by atoms with Gasteiger partial charge in [0.05, 0.1) is 12.9 Å². The van der Waals surface area contributed by atoms with Gasteiger partial charge in [0, 0.05) is 0 Å². The van der Waals surface area contributed by atoms with Crippen LogP contribution in [0.4, 0.5) is 0 Å². The average Bonchev–Trinajstić information content (AvgIpc) is 2.57. The summed E-state index contributed by atoms with van der Waals surface area (Å²) < 4.78 is 5.03. The third kappa shape index (κ3) is 3.09. The second-order valence-corrected chi connectivity index (χ2v) is 3.47. The second-order valence-electron chi connectivity index (χ2n) is 2.69. The number of rotatable bonds is 4. The Morgan fingerprint density at radius 1 is 1.67 bits per heavy atom. The summed E-state index contributed by atoms with van der Waals surface area (Å²) in [4.78, 5) is 0. The van der Waals surface area contributed by atoms with E-state index in [9.17, 15) is 0 Å². The van der Waals surface area contributed by atoms with E-state index in [-0.39, 0.29) is 0 Å². The van der Waals surface area contributed by atoms with Crippen LogP contribution in [0.2, 0.25) is 0 Å². The fraction of sp³-hybridized carbons (Fsp3) is 0.400. The Kier molecular flexibility index (Phi) is 3.88. The van der Waals surface area contributed by atoms with Gasteiger partial charge in [0.1, 0.15) is 0 Å². The summed E-state index contributed by atoms with van der Waals surface area (Å²) in [7, 11) is 1.70. The van der Waals surface area contributed by atoms with Crippen molar-refractivity contribution in [2.75, 3.05) is 7.11 Å². The van der Waals surface area contributed by atoms with Gasteiger partial charge in [-0.05, 0) is 48.2 Å². The molecule has 1 rings (SSSR count). The Bertz CT molecular complexity index is 236. The van der Waals surface area contributed by atoms with Crippen molar-refractivity contribution in [1.29, 1.82) is 0 Å². The summed E-state index contributed by atoms with van der Waals surface area (Å²) >= 11 is 1.75. The first kappa shape index (κ1) is 9.33. The van der Waals surface area contributed by atoms with Crippen LogP contribution in [0, 0.1) is 0 Å². The van der Waals surface area contributed by atoms with Crippen molar-refractivity contribution in [1.82, 2.24) is 0 Å². The molecule has 0 aliphatic heterocycles. The summed E-state index contributed by atoms with van der Waals surface area (Å²) in [5, 5.41) is 4.30. The number of thiophene rings is 1. The molecule has 0 aromatic carbocycles. The molecule has 0 spiro atoms. The van der Waals surface area contributed by atoms with Crippen LogP contribution in [0.3, 0.4) is 0 Å². The largest absolute Gasteiger partial charge is 0.502 e. The number of aryl methyl sites for hydroxylation is 1. The minimum Gasteiger partial charge on any atom is -0.502 e. The molecule has 12 heavy (non-hydrogen) atoms. The smallest absolute Gasteiger partial charge is 0.0884 e. The molecule has 0 fully saturated rings. The Morgan fingerprint density at radius 3 is 3.08 bits per heavy atom. The molecule has 2 heteroatoms. The topological polar surface area (TPSA) is 9.23 Å². The molecular weight excluding hydrogens is 168 g/mol. The van der Waals surface area contributed by atoms with Gasteiger partial charge in [-0.1, -0.05) is 0 Å². The fourth-order valence-corrected chi connectivity index (χ4v) is 1.66. The average molecular weight is 182 g/mol. The van der Waals surface area contributed by atoms with Crippen molar-refractivity contribution in [3.05, 3.63) is 34.2 Å². The third-order valence-electron chi connectivity index (χ3n) is 1.77. The molecule has 0 saturated heterocycles. The first-order valence-corrected chi connectivity index (χ1v) is 4.99. The second kappa shape index (κ2) is 4.99. The molecule has 0 bridgehead atoms. The van der Waals surface area contributed by atoms with Crippen LogP contribution in [-0.2, 0) is 11.2 Å². The van der Waals surface area contributed by atoms with Crippen molar-refractivity contribution < 1.29 is 4.74 Å². The van der Waals surface area contributed by atoms with Gasteiger partial charge in [-0.15, -0.1) is 0 Å². The van der Waals surface area contributed by atoms with Crippen LogP contribution >= 0.6 is 11.3 Å². The highest BCUT2D eigenvalue weighted by molar-refractivity contribution is 7.07. The van der Waals surface area contributed by atoms with Crippen molar-refractivity contribution in [2.24, 2.45) is 0 Å². The summed E-state index contributed by atoms with van der Waals surface area (Å²) in [6, 6.07) is 2.17. The lowest BCUT2D eigenvalue weighted by Gasteiger charge is -1.97. The lowest BCUT2D eigenvalue weighted by molar-refractivity contribution is 0.292. The molecule has 0 aliphatic rings. The van der Waals surface area contributed by atoms with E-state index in [0.717, 1.165) is 18.6 Å². The monoisotopic (exact) mass is 182 g/mol. The van der Waals surface area contributed by atoms with E-state index >= 15 is 0 Å². The Hall–Kier alpha value is -0.760. The molecule has 0 unspecified atom stereocenters. The molecule has 1 aromatic heterocycles. The lowest BCUT2D eigenvalue weighted by Crippen LogP contribution is -1.82. The number of allylic oxidation sites excluding steroid dienone is 2. The minimum absolute atomic E-state index is 1.00. The summed E-state index contributed by atoms with van der Waals surface area (Å²) in [5.74, 6) is 1.00. The zero-order chi connectivity index (χ0) is 8.81. The Balaban J connectivity index is 2.28. The van der Waals surface area contributed by atoms with Gasteiger partial charge in [-0.2, -0.15) is 11.3 Å². The standard InChI is InChI=1S/C10H14OS/c1-9(11-2)4-3-5-10-6-7-12-8-10/h4,6-8H,3,5H2,1-2H3. The van der Waals surface area contributed by atoms with E-state index in [1.165, 1.54) is 5.56 Å². The van der Waals surface area contributed by atoms with Crippen molar-refractivity contribution in [3.8, 4) is 0 Å². The Morgan fingerprint density at radius 2 is 2.50 bits per heavy atom. The van der Waals surface area contributed by atoms with Crippen molar-refractivity contribution >= 4 is 11.3 Å². The molecular formula is C10H14OS. The molecule has 1 nitrogen and oxygen atoms in total. The molecule has 0 saturated carbocycles. The zero-order valence-corrected chi connectivity index (χ0v) is 8.36. The highest BCUT2D eigenvalue weighted by Crippen LogP contribution is 2.09. The minimum atomic E-state index is 1.00. The highest BCUT2D eigenvalue weighted by atomic mass is 32.1. The maximum Gasteiger partial charge on any atom is 0.0884 e. The first-order chi connectivity index (χ1) is 5.83. The highest BCUT2D eigenvalue weighted by Gasteiger charge is 1.91. The van der Waals surface area contributed by atoms with E-state index < -0.39 is 0 Å².